The van der Waals surface area contributed by atoms with Crippen LogP contribution >= 0.6 is 0 Å². The van der Waals surface area contributed by atoms with Gasteiger partial charge >= 0.3 is 5.97 Å². The van der Waals surface area contributed by atoms with Gasteiger partial charge in [-0.2, -0.15) is 0 Å². The fourth-order valence-electron chi connectivity index (χ4n) is 3.92. The van der Waals surface area contributed by atoms with Crippen molar-refractivity contribution in [1.82, 2.24) is 4.90 Å². The largest absolute Gasteiger partial charge is 0.466 e. The summed E-state index contributed by atoms with van der Waals surface area (Å²) in [6.07, 6.45) is 8.36. The molecule has 28 heavy (non-hydrogen) atoms. The van der Waals surface area contributed by atoms with Crippen LogP contribution in [0, 0.1) is 0 Å². The number of esters is 1. The fraction of sp³-hybridized carbons (Fsp3) is 0.667. The normalized spacial score (nSPS) is 16.1. The number of nitrogens with zero attached hydrogens (tertiary/aromatic N) is 1. The van der Waals surface area contributed by atoms with Crippen LogP contribution in [-0.4, -0.2) is 36.0 Å². The summed E-state index contributed by atoms with van der Waals surface area (Å²) in [5.74, 6) is -0.190. The molecule has 1 saturated carbocycles. The quantitative estimate of drug-likeness (QED) is 0.606. The number of carbonyl (C=O) groups excluding carboxylic acids is 2. The lowest BCUT2D eigenvalue weighted by Gasteiger charge is -2.33. The molecule has 0 aliphatic heterocycles. The van der Waals surface area contributed by atoms with Crippen LogP contribution in [-0.2, 0) is 14.9 Å². The molecule has 0 saturated heterocycles. The van der Waals surface area contributed by atoms with Gasteiger partial charge < -0.3 is 9.64 Å². The number of hydrogen-bond acceptors (Lipinski definition) is 3. The molecule has 0 radical (unpaired) electrons. The van der Waals surface area contributed by atoms with Crippen LogP contribution in [0.3, 0.4) is 0 Å². The van der Waals surface area contributed by atoms with Crippen molar-refractivity contribution in [2.24, 2.45) is 0 Å². The van der Waals surface area contributed by atoms with Gasteiger partial charge in [0.1, 0.15) is 0 Å². The molecule has 0 bridgehead atoms. The zero-order valence-corrected chi connectivity index (χ0v) is 18.1. The summed E-state index contributed by atoms with van der Waals surface area (Å²) in [6.45, 7) is 9.14. The minimum Gasteiger partial charge on any atom is -0.466 e. The Kier molecular flexibility index (Phi) is 8.53. The van der Waals surface area contributed by atoms with Gasteiger partial charge in [-0.15, -0.1) is 0 Å². The molecule has 1 aliphatic rings. The van der Waals surface area contributed by atoms with E-state index in [9.17, 15) is 9.59 Å². The molecule has 4 nitrogen and oxygen atoms in total. The van der Waals surface area contributed by atoms with Gasteiger partial charge in [-0.1, -0.05) is 65.0 Å². The monoisotopic (exact) mass is 387 g/mol. The Morgan fingerprint density at radius 2 is 1.57 bits per heavy atom. The maximum Gasteiger partial charge on any atom is 0.307 e. The summed E-state index contributed by atoms with van der Waals surface area (Å²) in [5.41, 5.74) is 1.98. The van der Waals surface area contributed by atoms with E-state index in [1.807, 2.05) is 24.0 Å². The molecule has 0 heterocycles. The fourth-order valence-corrected chi connectivity index (χ4v) is 3.92. The summed E-state index contributed by atoms with van der Waals surface area (Å²) in [5, 5.41) is 0. The average Bonchev–Trinajstić information content (AvgIpc) is 2.62. The lowest BCUT2D eigenvalue weighted by atomic mass is 9.86. The van der Waals surface area contributed by atoms with Crippen LogP contribution in [0.25, 0.3) is 0 Å². The van der Waals surface area contributed by atoms with E-state index in [2.05, 4.69) is 32.9 Å². The molecule has 1 amide bonds. The predicted molar refractivity (Wildman–Crippen MR) is 114 cm³/mol. The first-order valence-corrected chi connectivity index (χ1v) is 10.9. The van der Waals surface area contributed by atoms with E-state index in [4.69, 9.17) is 4.74 Å². The topological polar surface area (TPSA) is 46.6 Å². The van der Waals surface area contributed by atoms with Gasteiger partial charge in [0, 0.05) is 18.2 Å². The van der Waals surface area contributed by atoms with Crippen LogP contribution in [0.5, 0.6) is 0 Å². The highest BCUT2D eigenvalue weighted by atomic mass is 16.5. The van der Waals surface area contributed by atoms with Crippen molar-refractivity contribution in [1.29, 1.82) is 0 Å². The van der Waals surface area contributed by atoms with Crippen molar-refractivity contribution in [3.63, 3.8) is 0 Å². The highest BCUT2D eigenvalue weighted by Crippen LogP contribution is 2.25. The van der Waals surface area contributed by atoms with E-state index in [-0.39, 0.29) is 29.8 Å². The molecule has 0 spiro atoms. The number of ether oxygens (including phenoxy) is 1. The number of carbonyl (C=O) groups is 2. The van der Waals surface area contributed by atoms with Crippen LogP contribution in [0.2, 0.25) is 0 Å². The zero-order chi connectivity index (χ0) is 20.6. The summed E-state index contributed by atoms with van der Waals surface area (Å²) in [4.78, 5) is 27.2. The molecule has 156 valence electrons. The van der Waals surface area contributed by atoms with Crippen molar-refractivity contribution in [3.8, 4) is 0 Å². The first-order valence-electron chi connectivity index (χ1n) is 10.9. The lowest BCUT2D eigenvalue weighted by molar-refractivity contribution is -0.143. The van der Waals surface area contributed by atoms with Crippen LogP contribution in [0.15, 0.2) is 24.3 Å². The van der Waals surface area contributed by atoms with Gasteiger partial charge in [-0.25, -0.2) is 0 Å². The van der Waals surface area contributed by atoms with Crippen LogP contribution < -0.4 is 0 Å². The summed E-state index contributed by atoms with van der Waals surface area (Å²) < 4.78 is 5.09. The lowest BCUT2D eigenvalue weighted by Crippen LogP contribution is -2.42. The third-order valence-electron chi connectivity index (χ3n) is 5.64. The van der Waals surface area contributed by atoms with E-state index in [1.54, 1.807) is 0 Å². The molecule has 4 heteroatoms. The maximum absolute atomic E-state index is 13.3. The van der Waals surface area contributed by atoms with Gasteiger partial charge in [-0.3, -0.25) is 9.59 Å². The summed E-state index contributed by atoms with van der Waals surface area (Å²) in [6, 6.07) is 8.18. The van der Waals surface area contributed by atoms with E-state index < -0.39 is 0 Å². The average molecular weight is 388 g/mol. The highest BCUT2D eigenvalue weighted by Gasteiger charge is 2.26. The molecule has 2 rings (SSSR count). The van der Waals surface area contributed by atoms with Crippen LogP contribution in [0.1, 0.15) is 95.0 Å². The molecular weight excluding hydrogens is 350 g/mol. The van der Waals surface area contributed by atoms with Crippen molar-refractivity contribution < 1.29 is 14.3 Å². The molecule has 0 aromatic heterocycles. The molecule has 0 N–H and O–H groups in total. The number of hydrogen-bond donors (Lipinski definition) is 0. The maximum atomic E-state index is 13.3. The van der Waals surface area contributed by atoms with Crippen molar-refractivity contribution in [3.05, 3.63) is 35.4 Å². The SMILES string of the molecule is CCOC(=O)CCN(C(=O)c1ccc(C(C)(C)C)cc1)C1CCCCCCC1. The third kappa shape index (κ3) is 6.65. The molecule has 1 aromatic rings. The van der Waals surface area contributed by atoms with Crippen molar-refractivity contribution in [2.75, 3.05) is 13.2 Å². The number of amides is 1. The van der Waals surface area contributed by atoms with Gasteiger partial charge in [-0.05, 0) is 42.9 Å². The summed E-state index contributed by atoms with van der Waals surface area (Å²) in [7, 11) is 0. The van der Waals surface area contributed by atoms with Gasteiger partial charge in [0.25, 0.3) is 5.91 Å². The Bertz CT molecular complexity index is 622. The van der Waals surface area contributed by atoms with Crippen molar-refractivity contribution in [2.45, 2.75) is 90.5 Å². The molecule has 1 aromatic carbocycles. The molecule has 0 unspecified atom stereocenters. The van der Waals surface area contributed by atoms with Gasteiger partial charge in [0.05, 0.1) is 13.0 Å². The van der Waals surface area contributed by atoms with E-state index >= 15 is 0 Å². The second-order valence-electron chi connectivity index (χ2n) is 8.88. The Hall–Kier alpha value is -1.84. The van der Waals surface area contributed by atoms with E-state index in [0.717, 1.165) is 25.7 Å². The summed E-state index contributed by atoms with van der Waals surface area (Å²) >= 11 is 0. The number of benzene rings is 1. The Labute approximate surface area is 170 Å². The Morgan fingerprint density at radius 3 is 2.11 bits per heavy atom. The van der Waals surface area contributed by atoms with Gasteiger partial charge in [0.15, 0.2) is 0 Å². The minimum absolute atomic E-state index is 0.0373. The van der Waals surface area contributed by atoms with Crippen molar-refractivity contribution >= 4 is 11.9 Å². The molecule has 1 aliphatic carbocycles. The Balaban J connectivity index is 2.17. The second-order valence-corrected chi connectivity index (χ2v) is 8.88. The first-order chi connectivity index (χ1) is 13.3. The van der Waals surface area contributed by atoms with E-state index in [0.29, 0.717) is 18.7 Å². The number of rotatable bonds is 6. The van der Waals surface area contributed by atoms with Crippen LogP contribution in [0.4, 0.5) is 0 Å². The highest BCUT2D eigenvalue weighted by molar-refractivity contribution is 5.94. The smallest absolute Gasteiger partial charge is 0.307 e. The van der Waals surface area contributed by atoms with E-state index in [1.165, 1.54) is 24.8 Å². The first kappa shape index (κ1) is 22.4. The van der Waals surface area contributed by atoms with Gasteiger partial charge in [0.2, 0.25) is 0 Å². The zero-order valence-electron chi connectivity index (χ0n) is 18.1. The molecule has 0 atom stereocenters. The Morgan fingerprint density at radius 1 is 1.00 bits per heavy atom. The molecular formula is C24H37NO3. The third-order valence-corrected chi connectivity index (χ3v) is 5.64. The second kappa shape index (κ2) is 10.6. The minimum atomic E-state index is -0.228. The standard InChI is InChI=1S/C24H37NO3/c1-5-28-22(26)17-18-25(21-11-9-7-6-8-10-12-21)23(27)19-13-15-20(16-14-19)24(2,3)4/h13-16,21H,5-12,17-18H2,1-4H3. The molecule has 1 fully saturated rings. The predicted octanol–water partition coefficient (Wildman–Crippen LogP) is 5.49.